The van der Waals surface area contributed by atoms with Gasteiger partial charge in [-0.05, 0) is 43.9 Å². The SMILES string of the molecule is Cc1ccc(C)c(NCC(=O)NC2CCCCCCC2)c1. The molecule has 1 fully saturated rings. The number of rotatable bonds is 4. The minimum absolute atomic E-state index is 0.112. The number of amides is 1. The van der Waals surface area contributed by atoms with Crippen molar-refractivity contribution in [2.75, 3.05) is 11.9 Å². The van der Waals surface area contributed by atoms with Gasteiger partial charge < -0.3 is 10.6 Å². The van der Waals surface area contributed by atoms with Gasteiger partial charge in [0, 0.05) is 11.7 Å². The van der Waals surface area contributed by atoms with Crippen LogP contribution in [-0.4, -0.2) is 18.5 Å². The topological polar surface area (TPSA) is 41.1 Å². The number of anilines is 1. The Bertz CT molecular complexity index is 462. The second kappa shape index (κ2) is 8.06. The summed E-state index contributed by atoms with van der Waals surface area (Å²) in [5, 5.41) is 6.45. The van der Waals surface area contributed by atoms with Crippen molar-refractivity contribution in [3.05, 3.63) is 29.3 Å². The maximum Gasteiger partial charge on any atom is 0.239 e. The second-order valence-corrected chi connectivity index (χ2v) is 6.28. The van der Waals surface area contributed by atoms with Gasteiger partial charge in [-0.3, -0.25) is 4.79 Å². The first kappa shape index (κ1) is 15.9. The molecule has 3 nitrogen and oxygen atoms in total. The Balaban J connectivity index is 1.79. The van der Waals surface area contributed by atoms with Crippen LogP contribution < -0.4 is 10.6 Å². The number of nitrogens with one attached hydrogen (secondary N) is 2. The fourth-order valence-electron chi connectivity index (χ4n) is 2.98. The van der Waals surface area contributed by atoms with E-state index in [-0.39, 0.29) is 5.91 Å². The molecule has 0 radical (unpaired) electrons. The number of hydrogen-bond donors (Lipinski definition) is 2. The largest absolute Gasteiger partial charge is 0.376 e. The van der Waals surface area contributed by atoms with Crippen molar-refractivity contribution in [1.29, 1.82) is 0 Å². The first-order valence-corrected chi connectivity index (χ1v) is 8.25. The molecule has 1 aliphatic rings. The highest BCUT2D eigenvalue weighted by atomic mass is 16.1. The smallest absolute Gasteiger partial charge is 0.239 e. The lowest BCUT2D eigenvalue weighted by Crippen LogP contribution is -2.38. The molecule has 0 unspecified atom stereocenters. The summed E-state index contributed by atoms with van der Waals surface area (Å²) in [6, 6.07) is 6.65. The van der Waals surface area contributed by atoms with Gasteiger partial charge in [0.25, 0.3) is 0 Å². The summed E-state index contributed by atoms with van der Waals surface area (Å²) in [7, 11) is 0. The number of aryl methyl sites for hydroxylation is 2. The summed E-state index contributed by atoms with van der Waals surface area (Å²) in [5.74, 6) is 0.112. The lowest BCUT2D eigenvalue weighted by molar-refractivity contribution is -0.120. The van der Waals surface area contributed by atoms with Crippen molar-refractivity contribution in [1.82, 2.24) is 5.32 Å². The predicted octanol–water partition coefficient (Wildman–Crippen LogP) is 3.94. The quantitative estimate of drug-likeness (QED) is 0.881. The van der Waals surface area contributed by atoms with E-state index in [1.54, 1.807) is 0 Å². The third-order valence-electron chi connectivity index (χ3n) is 4.30. The average molecular weight is 288 g/mol. The molecule has 1 amide bonds. The second-order valence-electron chi connectivity index (χ2n) is 6.28. The van der Waals surface area contributed by atoms with Crippen LogP contribution in [0.4, 0.5) is 5.69 Å². The summed E-state index contributed by atoms with van der Waals surface area (Å²) in [4.78, 5) is 12.1. The van der Waals surface area contributed by atoms with E-state index < -0.39 is 0 Å². The van der Waals surface area contributed by atoms with Gasteiger partial charge >= 0.3 is 0 Å². The van der Waals surface area contributed by atoms with Crippen LogP contribution in [0, 0.1) is 13.8 Å². The number of hydrogen-bond acceptors (Lipinski definition) is 2. The van der Waals surface area contributed by atoms with Crippen molar-refractivity contribution in [2.45, 2.75) is 64.8 Å². The number of carbonyl (C=O) groups is 1. The highest BCUT2D eigenvalue weighted by molar-refractivity contribution is 5.81. The molecule has 1 saturated carbocycles. The molecular weight excluding hydrogens is 260 g/mol. The maximum absolute atomic E-state index is 12.1. The van der Waals surface area contributed by atoms with Gasteiger partial charge in [0.1, 0.15) is 0 Å². The zero-order chi connectivity index (χ0) is 15.1. The highest BCUT2D eigenvalue weighted by Crippen LogP contribution is 2.18. The molecule has 0 atom stereocenters. The van der Waals surface area contributed by atoms with Gasteiger partial charge in [-0.1, -0.05) is 44.2 Å². The molecular formula is C18H28N2O. The first-order valence-electron chi connectivity index (χ1n) is 8.25. The number of carbonyl (C=O) groups excluding carboxylic acids is 1. The zero-order valence-electron chi connectivity index (χ0n) is 13.4. The van der Waals surface area contributed by atoms with E-state index in [0.29, 0.717) is 12.6 Å². The molecule has 21 heavy (non-hydrogen) atoms. The molecule has 0 heterocycles. The molecule has 116 valence electrons. The molecule has 0 aliphatic heterocycles. The molecule has 0 saturated heterocycles. The molecule has 3 heteroatoms. The zero-order valence-corrected chi connectivity index (χ0v) is 13.4. The summed E-state index contributed by atoms with van der Waals surface area (Å²) in [5.41, 5.74) is 3.45. The normalized spacial score (nSPS) is 16.9. The lowest BCUT2D eigenvalue weighted by atomic mass is 9.97. The highest BCUT2D eigenvalue weighted by Gasteiger charge is 2.13. The molecule has 0 aromatic heterocycles. The molecule has 1 aromatic carbocycles. The Morgan fingerprint density at radius 3 is 2.48 bits per heavy atom. The van der Waals surface area contributed by atoms with Gasteiger partial charge in [0.2, 0.25) is 5.91 Å². The molecule has 1 aliphatic carbocycles. The minimum atomic E-state index is 0.112. The first-order chi connectivity index (χ1) is 10.1. The van der Waals surface area contributed by atoms with Gasteiger partial charge in [-0.2, -0.15) is 0 Å². The van der Waals surface area contributed by atoms with Crippen molar-refractivity contribution in [2.24, 2.45) is 0 Å². The molecule has 2 rings (SSSR count). The van der Waals surface area contributed by atoms with Gasteiger partial charge in [-0.15, -0.1) is 0 Å². The van der Waals surface area contributed by atoms with Crippen molar-refractivity contribution in [3.63, 3.8) is 0 Å². The Morgan fingerprint density at radius 2 is 1.76 bits per heavy atom. The fraction of sp³-hybridized carbons (Fsp3) is 0.611. The van der Waals surface area contributed by atoms with Crippen LogP contribution in [0.25, 0.3) is 0 Å². The Morgan fingerprint density at radius 1 is 1.10 bits per heavy atom. The Labute approximate surface area is 128 Å². The van der Waals surface area contributed by atoms with E-state index in [1.165, 1.54) is 43.2 Å². The van der Waals surface area contributed by atoms with Crippen LogP contribution >= 0.6 is 0 Å². The Hall–Kier alpha value is -1.51. The molecule has 1 aromatic rings. The monoisotopic (exact) mass is 288 g/mol. The van der Waals surface area contributed by atoms with Gasteiger partial charge in [0.15, 0.2) is 0 Å². The number of benzene rings is 1. The third kappa shape index (κ3) is 5.41. The summed E-state index contributed by atoms with van der Waals surface area (Å²) in [6.07, 6.45) is 8.74. The molecule has 0 spiro atoms. The summed E-state index contributed by atoms with van der Waals surface area (Å²) in [6.45, 7) is 4.49. The van der Waals surface area contributed by atoms with Crippen molar-refractivity contribution >= 4 is 11.6 Å². The standard InChI is InChI=1S/C18H28N2O/c1-14-10-11-15(2)17(12-14)19-13-18(21)20-16-8-6-4-3-5-7-9-16/h10-12,16,19H,3-9,13H2,1-2H3,(H,20,21). The lowest BCUT2D eigenvalue weighted by Gasteiger charge is -2.21. The van der Waals surface area contributed by atoms with Gasteiger partial charge in [-0.25, -0.2) is 0 Å². The van der Waals surface area contributed by atoms with Crippen LogP contribution in [0.3, 0.4) is 0 Å². The molecule has 2 N–H and O–H groups in total. The van der Waals surface area contributed by atoms with Crippen LogP contribution in [0.15, 0.2) is 18.2 Å². The van der Waals surface area contributed by atoms with Crippen LogP contribution in [0.2, 0.25) is 0 Å². The minimum Gasteiger partial charge on any atom is -0.376 e. The van der Waals surface area contributed by atoms with E-state index >= 15 is 0 Å². The fourth-order valence-corrected chi connectivity index (χ4v) is 2.98. The van der Waals surface area contributed by atoms with Crippen molar-refractivity contribution in [3.8, 4) is 0 Å². The van der Waals surface area contributed by atoms with E-state index in [4.69, 9.17) is 0 Å². The van der Waals surface area contributed by atoms with Gasteiger partial charge in [0.05, 0.1) is 6.54 Å². The Kier molecular flexibility index (Phi) is 6.09. The predicted molar refractivity (Wildman–Crippen MR) is 88.7 cm³/mol. The van der Waals surface area contributed by atoms with Crippen LogP contribution in [-0.2, 0) is 4.79 Å². The molecule has 0 bridgehead atoms. The average Bonchev–Trinajstić information content (AvgIpc) is 2.43. The van der Waals surface area contributed by atoms with Crippen LogP contribution in [0.1, 0.15) is 56.1 Å². The maximum atomic E-state index is 12.1. The summed E-state index contributed by atoms with van der Waals surface area (Å²) >= 11 is 0. The van der Waals surface area contributed by atoms with E-state index in [1.807, 2.05) is 0 Å². The summed E-state index contributed by atoms with van der Waals surface area (Å²) < 4.78 is 0. The van der Waals surface area contributed by atoms with E-state index in [0.717, 1.165) is 18.5 Å². The van der Waals surface area contributed by atoms with E-state index in [2.05, 4.69) is 42.7 Å². The van der Waals surface area contributed by atoms with Crippen molar-refractivity contribution < 1.29 is 4.79 Å². The van der Waals surface area contributed by atoms with E-state index in [9.17, 15) is 4.79 Å². The third-order valence-corrected chi connectivity index (χ3v) is 4.30. The van der Waals surface area contributed by atoms with Crippen LogP contribution in [0.5, 0.6) is 0 Å².